The molecule has 0 heterocycles. The first-order valence-electron chi connectivity index (χ1n) is 4.63. The fourth-order valence-corrected chi connectivity index (χ4v) is 2.49. The molecule has 0 spiro atoms. The van der Waals surface area contributed by atoms with Crippen LogP contribution in [0.25, 0.3) is 0 Å². The Labute approximate surface area is 120 Å². The van der Waals surface area contributed by atoms with Crippen LogP contribution in [-0.4, -0.2) is 23.0 Å². The number of hydrogen-bond acceptors (Lipinski definition) is 3. The topological polar surface area (TPSA) is 92.4 Å². The van der Waals surface area contributed by atoms with E-state index < -0.39 is 24.3 Å². The second-order valence-electron chi connectivity index (χ2n) is 3.32. The summed E-state index contributed by atoms with van der Waals surface area (Å²) in [7, 11) is 0. The molecule has 0 saturated carbocycles. The quantitative estimate of drug-likeness (QED) is 0.657. The molecular formula is C10H10BrIN2O3. The van der Waals surface area contributed by atoms with E-state index in [2.05, 4.69) is 43.8 Å². The van der Waals surface area contributed by atoms with Gasteiger partial charge in [-0.3, -0.25) is 9.59 Å². The molecule has 0 bridgehead atoms. The Hall–Kier alpha value is -0.670. The van der Waals surface area contributed by atoms with Crippen LogP contribution in [-0.2, 0) is 9.59 Å². The summed E-state index contributed by atoms with van der Waals surface area (Å²) in [5.74, 6) is -1.62. The number of carboxylic acid groups (broad SMARTS) is 1. The average molecular weight is 413 g/mol. The number of carboxylic acids is 1. The summed E-state index contributed by atoms with van der Waals surface area (Å²) >= 11 is 5.44. The standard InChI is InChI=1S/C10H10BrIN2O3/c11-6-3-5(12)1-2-8(6)14-10(17)7(13)4-9(15)16/h1-3,7H,4,13H2,(H,14,17)(H,15,16). The van der Waals surface area contributed by atoms with E-state index in [-0.39, 0.29) is 0 Å². The zero-order chi connectivity index (χ0) is 13.0. The Kier molecular flexibility index (Phi) is 5.34. The van der Waals surface area contributed by atoms with Crippen LogP contribution in [0.4, 0.5) is 5.69 Å². The number of hydrogen-bond donors (Lipinski definition) is 3. The van der Waals surface area contributed by atoms with Crippen molar-refractivity contribution >= 4 is 56.1 Å². The molecule has 0 aliphatic heterocycles. The number of carbonyl (C=O) groups is 2. The van der Waals surface area contributed by atoms with Crippen molar-refractivity contribution in [2.45, 2.75) is 12.5 Å². The van der Waals surface area contributed by atoms with Crippen LogP contribution in [0.2, 0.25) is 0 Å². The minimum absolute atomic E-state index is 0.395. The summed E-state index contributed by atoms with van der Waals surface area (Å²) in [4.78, 5) is 22.0. The van der Waals surface area contributed by atoms with Gasteiger partial charge in [-0.2, -0.15) is 0 Å². The molecule has 1 unspecified atom stereocenters. The monoisotopic (exact) mass is 412 g/mol. The van der Waals surface area contributed by atoms with Gasteiger partial charge in [0.25, 0.3) is 0 Å². The van der Waals surface area contributed by atoms with Gasteiger partial charge in [-0.05, 0) is 56.7 Å². The number of nitrogens with two attached hydrogens (primary N) is 1. The molecule has 0 fully saturated rings. The third-order valence-corrected chi connectivity index (χ3v) is 3.25. The zero-order valence-corrected chi connectivity index (χ0v) is 12.4. The van der Waals surface area contributed by atoms with E-state index in [9.17, 15) is 9.59 Å². The highest BCUT2D eigenvalue weighted by Gasteiger charge is 2.17. The first-order valence-corrected chi connectivity index (χ1v) is 6.50. The van der Waals surface area contributed by atoms with E-state index in [1.165, 1.54) is 0 Å². The lowest BCUT2D eigenvalue weighted by Gasteiger charge is -2.11. The van der Waals surface area contributed by atoms with Crippen LogP contribution in [0.15, 0.2) is 22.7 Å². The molecule has 1 amide bonds. The first kappa shape index (κ1) is 14.4. The minimum atomic E-state index is -1.10. The lowest BCUT2D eigenvalue weighted by atomic mass is 10.2. The maximum atomic E-state index is 11.6. The maximum Gasteiger partial charge on any atom is 0.305 e. The van der Waals surface area contributed by atoms with Crippen LogP contribution in [0.1, 0.15) is 6.42 Å². The first-order chi connectivity index (χ1) is 7.90. The minimum Gasteiger partial charge on any atom is -0.481 e. The summed E-state index contributed by atoms with van der Waals surface area (Å²) in [6, 6.07) is 4.32. The van der Waals surface area contributed by atoms with Crippen molar-refractivity contribution in [3.63, 3.8) is 0 Å². The Morgan fingerprint density at radius 1 is 1.53 bits per heavy atom. The number of rotatable bonds is 4. The van der Waals surface area contributed by atoms with Gasteiger partial charge in [-0.1, -0.05) is 0 Å². The molecule has 0 saturated heterocycles. The average Bonchev–Trinajstić information content (AvgIpc) is 2.21. The number of amides is 1. The van der Waals surface area contributed by atoms with Crippen LogP contribution in [0, 0.1) is 3.57 Å². The van der Waals surface area contributed by atoms with Crippen molar-refractivity contribution in [1.82, 2.24) is 0 Å². The molecule has 4 N–H and O–H groups in total. The van der Waals surface area contributed by atoms with Gasteiger partial charge in [0.2, 0.25) is 5.91 Å². The molecule has 0 aliphatic rings. The summed E-state index contributed by atoms with van der Waals surface area (Å²) < 4.78 is 1.74. The lowest BCUT2D eigenvalue weighted by Crippen LogP contribution is -2.37. The van der Waals surface area contributed by atoms with E-state index in [1.54, 1.807) is 6.07 Å². The van der Waals surface area contributed by atoms with E-state index in [1.807, 2.05) is 12.1 Å². The molecule has 1 rings (SSSR count). The Morgan fingerprint density at radius 3 is 2.71 bits per heavy atom. The third-order valence-electron chi connectivity index (χ3n) is 1.92. The predicted molar refractivity (Wildman–Crippen MR) is 75.7 cm³/mol. The Bertz CT molecular complexity index is 453. The normalized spacial score (nSPS) is 11.9. The van der Waals surface area contributed by atoms with E-state index in [4.69, 9.17) is 10.8 Å². The molecule has 1 atom stereocenters. The highest BCUT2D eigenvalue weighted by molar-refractivity contribution is 14.1. The third kappa shape index (κ3) is 4.60. The van der Waals surface area contributed by atoms with Gasteiger partial charge in [0.05, 0.1) is 18.2 Å². The number of halogens is 2. The fraction of sp³-hybridized carbons (Fsp3) is 0.200. The number of nitrogens with one attached hydrogen (secondary N) is 1. The number of carbonyl (C=O) groups excluding carboxylic acids is 1. The zero-order valence-electron chi connectivity index (χ0n) is 8.61. The molecular weight excluding hydrogens is 403 g/mol. The van der Waals surface area contributed by atoms with Gasteiger partial charge >= 0.3 is 5.97 Å². The summed E-state index contributed by atoms with van der Waals surface area (Å²) in [6.45, 7) is 0. The predicted octanol–water partition coefficient (Wildman–Crippen LogP) is 1.79. The van der Waals surface area contributed by atoms with Gasteiger partial charge in [0.1, 0.15) is 0 Å². The number of benzene rings is 1. The largest absolute Gasteiger partial charge is 0.481 e. The van der Waals surface area contributed by atoms with E-state index in [0.29, 0.717) is 5.69 Å². The molecule has 1 aromatic rings. The summed E-state index contributed by atoms with van der Waals surface area (Å²) in [6.07, 6.45) is -0.395. The van der Waals surface area contributed by atoms with Gasteiger partial charge < -0.3 is 16.2 Å². The van der Waals surface area contributed by atoms with Crippen molar-refractivity contribution in [2.24, 2.45) is 5.73 Å². The molecule has 0 aliphatic carbocycles. The van der Waals surface area contributed by atoms with Gasteiger partial charge in [-0.25, -0.2) is 0 Å². The van der Waals surface area contributed by atoms with Crippen molar-refractivity contribution in [1.29, 1.82) is 0 Å². The van der Waals surface area contributed by atoms with Gasteiger partial charge in [0.15, 0.2) is 0 Å². The second kappa shape index (κ2) is 6.31. The Morgan fingerprint density at radius 2 is 2.18 bits per heavy atom. The summed E-state index contributed by atoms with van der Waals surface area (Å²) in [5.41, 5.74) is 6.00. The molecule has 1 aromatic carbocycles. The summed E-state index contributed by atoms with van der Waals surface area (Å²) in [5, 5.41) is 11.1. The van der Waals surface area contributed by atoms with E-state index in [0.717, 1.165) is 8.04 Å². The number of aliphatic carboxylic acids is 1. The second-order valence-corrected chi connectivity index (χ2v) is 5.42. The van der Waals surface area contributed by atoms with Crippen LogP contribution >= 0.6 is 38.5 Å². The molecule has 17 heavy (non-hydrogen) atoms. The number of anilines is 1. The Balaban J connectivity index is 2.71. The molecule has 0 aromatic heterocycles. The van der Waals surface area contributed by atoms with Crippen LogP contribution in [0.3, 0.4) is 0 Å². The van der Waals surface area contributed by atoms with E-state index >= 15 is 0 Å². The van der Waals surface area contributed by atoms with Crippen molar-refractivity contribution < 1.29 is 14.7 Å². The van der Waals surface area contributed by atoms with Crippen molar-refractivity contribution in [3.8, 4) is 0 Å². The molecule has 92 valence electrons. The fourth-order valence-electron chi connectivity index (χ4n) is 1.10. The van der Waals surface area contributed by atoms with Crippen LogP contribution in [0.5, 0.6) is 0 Å². The van der Waals surface area contributed by atoms with Gasteiger partial charge in [-0.15, -0.1) is 0 Å². The lowest BCUT2D eigenvalue weighted by molar-refractivity contribution is -0.138. The van der Waals surface area contributed by atoms with Crippen molar-refractivity contribution in [2.75, 3.05) is 5.32 Å². The van der Waals surface area contributed by atoms with Crippen LogP contribution < -0.4 is 11.1 Å². The highest BCUT2D eigenvalue weighted by atomic mass is 127. The van der Waals surface area contributed by atoms with Crippen molar-refractivity contribution in [3.05, 3.63) is 26.2 Å². The molecule has 7 heteroatoms. The smallest absolute Gasteiger partial charge is 0.305 e. The SMILES string of the molecule is NC(CC(=O)O)C(=O)Nc1ccc(I)cc1Br. The molecule has 5 nitrogen and oxygen atoms in total. The van der Waals surface area contributed by atoms with Gasteiger partial charge in [0, 0.05) is 8.04 Å². The molecule has 0 radical (unpaired) electrons. The maximum absolute atomic E-state index is 11.6. The highest BCUT2D eigenvalue weighted by Crippen LogP contribution is 2.24.